The third kappa shape index (κ3) is 2.52. The first-order valence-electron chi connectivity index (χ1n) is 7.92. The molecule has 2 bridgehead atoms. The molecule has 0 aromatic rings. The Morgan fingerprint density at radius 1 is 1.16 bits per heavy atom. The zero-order valence-electron chi connectivity index (χ0n) is 12.3. The Balaban J connectivity index is 1.70. The van der Waals surface area contributed by atoms with Gasteiger partial charge in [0.25, 0.3) is 0 Å². The average Bonchev–Trinajstić information content (AvgIpc) is 2.44. The van der Waals surface area contributed by atoms with Gasteiger partial charge < -0.3 is 9.80 Å². The summed E-state index contributed by atoms with van der Waals surface area (Å²) in [7, 11) is 2.20. The van der Waals surface area contributed by atoms with Crippen LogP contribution in [0.2, 0.25) is 0 Å². The maximum absolute atomic E-state index is 12.6. The fraction of sp³-hybridized carbons (Fsp3) is 0.933. The Kier molecular flexibility index (Phi) is 3.81. The Labute approximate surface area is 116 Å². The van der Waals surface area contributed by atoms with Crippen molar-refractivity contribution >= 4 is 5.91 Å². The van der Waals surface area contributed by atoms with Crippen molar-refractivity contribution in [3.05, 3.63) is 0 Å². The third-order valence-electron chi connectivity index (χ3n) is 5.37. The van der Waals surface area contributed by atoms with Gasteiger partial charge in [0, 0.05) is 19.1 Å². The Morgan fingerprint density at radius 3 is 2.58 bits per heavy atom. The van der Waals surface area contributed by atoms with E-state index in [0.29, 0.717) is 11.9 Å². The van der Waals surface area contributed by atoms with Gasteiger partial charge in [-0.15, -0.1) is 0 Å². The Bertz CT molecular complexity index is 338. The van der Waals surface area contributed by atoms with Crippen LogP contribution in [0.15, 0.2) is 0 Å². The van der Waals surface area contributed by atoms with E-state index >= 15 is 0 Å². The molecule has 0 saturated carbocycles. The predicted molar refractivity (Wildman–Crippen MR) is 76.0 cm³/mol. The van der Waals surface area contributed by atoms with Crippen LogP contribution in [0.1, 0.15) is 32.6 Å². The molecular formula is C15H27N3O. The molecule has 4 heteroatoms. The van der Waals surface area contributed by atoms with Gasteiger partial charge in [0.15, 0.2) is 0 Å². The van der Waals surface area contributed by atoms with Crippen LogP contribution in [0.4, 0.5) is 0 Å². The minimum absolute atomic E-state index is 0.195. The van der Waals surface area contributed by atoms with E-state index in [4.69, 9.17) is 0 Å². The van der Waals surface area contributed by atoms with Crippen LogP contribution in [0.5, 0.6) is 0 Å². The van der Waals surface area contributed by atoms with Gasteiger partial charge in [-0.05, 0) is 65.2 Å². The maximum Gasteiger partial charge on any atom is 0.239 e. The first kappa shape index (κ1) is 13.4. The second-order valence-electron chi connectivity index (χ2n) is 6.56. The molecule has 3 heterocycles. The lowest BCUT2D eigenvalue weighted by Gasteiger charge is -2.50. The summed E-state index contributed by atoms with van der Waals surface area (Å²) in [6.45, 7) is 7.51. The lowest BCUT2D eigenvalue weighted by atomic mass is 9.84. The minimum Gasteiger partial charge on any atom is -0.341 e. The number of amides is 1. The van der Waals surface area contributed by atoms with Crippen molar-refractivity contribution < 1.29 is 4.79 Å². The monoisotopic (exact) mass is 265 g/mol. The molecule has 108 valence electrons. The quantitative estimate of drug-likeness (QED) is 0.746. The number of carbonyl (C=O) groups is 1. The first-order chi connectivity index (χ1) is 9.19. The SMILES string of the molecule is CCN1C[C@H]2CCN(C3CCN(C)CC3)[C@H](C2)C1=O. The number of fused-ring (bicyclic) bond motifs is 2. The fourth-order valence-corrected chi connectivity index (χ4v) is 4.13. The number of piperidine rings is 3. The molecule has 3 aliphatic heterocycles. The van der Waals surface area contributed by atoms with E-state index in [2.05, 4.69) is 28.7 Å². The number of hydrogen-bond donors (Lipinski definition) is 0. The van der Waals surface area contributed by atoms with E-state index in [0.717, 1.165) is 32.0 Å². The largest absolute Gasteiger partial charge is 0.341 e. The van der Waals surface area contributed by atoms with Crippen LogP contribution < -0.4 is 0 Å². The summed E-state index contributed by atoms with van der Waals surface area (Å²) in [4.78, 5) is 19.6. The highest BCUT2D eigenvalue weighted by Crippen LogP contribution is 2.33. The number of rotatable bonds is 2. The average molecular weight is 265 g/mol. The van der Waals surface area contributed by atoms with E-state index in [1.807, 2.05) is 0 Å². The summed E-state index contributed by atoms with van der Waals surface area (Å²) < 4.78 is 0. The van der Waals surface area contributed by atoms with Crippen molar-refractivity contribution in [2.45, 2.75) is 44.7 Å². The highest BCUT2D eigenvalue weighted by Gasteiger charge is 2.43. The zero-order chi connectivity index (χ0) is 13.4. The molecule has 3 fully saturated rings. The molecule has 4 nitrogen and oxygen atoms in total. The molecule has 0 N–H and O–H groups in total. The molecular weight excluding hydrogens is 238 g/mol. The van der Waals surface area contributed by atoms with Crippen LogP contribution in [0.3, 0.4) is 0 Å². The zero-order valence-corrected chi connectivity index (χ0v) is 12.3. The summed E-state index contributed by atoms with van der Waals surface area (Å²) in [5.41, 5.74) is 0. The Hall–Kier alpha value is -0.610. The minimum atomic E-state index is 0.195. The molecule has 0 aromatic carbocycles. The molecule has 0 aliphatic carbocycles. The number of carbonyl (C=O) groups excluding carboxylic acids is 1. The Morgan fingerprint density at radius 2 is 1.89 bits per heavy atom. The number of likely N-dealkylation sites (tertiary alicyclic amines) is 3. The smallest absolute Gasteiger partial charge is 0.239 e. The molecule has 0 radical (unpaired) electrons. The standard InChI is InChI=1S/C15H27N3O/c1-3-17-11-12-4-9-18(14(10-12)15(17)19)13-5-7-16(2)8-6-13/h12-14H,3-11H2,1-2H3/t12-,14+/m0/s1. The van der Waals surface area contributed by atoms with Gasteiger partial charge in [-0.2, -0.15) is 0 Å². The fourth-order valence-electron chi connectivity index (χ4n) is 4.13. The molecule has 0 unspecified atom stereocenters. The summed E-state index contributed by atoms with van der Waals surface area (Å²) in [5, 5.41) is 0. The van der Waals surface area contributed by atoms with Crippen LogP contribution in [0, 0.1) is 5.92 Å². The molecule has 0 spiro atoms. The molecule has 0 aromatic heterocycles. The van der Waals surface area contributed by atoms with Crippen molar-refractivity contribution in [1.82, 2.24) is 14.7 Å². The molecule has 19 heavy (non-hydrogen) atoms. The first-order valence-corrected chi connectivity index (χ1v) is 7.92. The van der Waals surface area contributed by atoms with Crippen molar-refractivity contribution in [2.24, 2.45) is 5.92 Å². The van der Waals surface area contributed by atoms with E-state index in [-0.39, 0.29) is 6.04 Å². The summed E-state index contributed by atoms with van der Waals surface area (Å²) >= 11 is 0. The molecule has 3 aliphatic rings. The van der Waals surface area contributed by atoms with Gasteiger partial charge in [0.05, 0.1) is 6.04 Å². The van der Waals surface area contributed by atoms with Crippen LogP contribution in [-0.4, -0.2) is 72.5 Å². The second kappa shape index (κ2) is 5.41. The summed E-state index contributed by atoms with van der Waals surface area (Å²) in [6, 6.07) is 0.837. The number of nitrogens with zero attached hydrogens (tertiary/aromatic N) is 3. The highest BCUT2D eigenvalue weighted by atomic mass is 16.2. The molecule has 3 saturated heterocycles. The van der Waals surface area contributed by atoms with Crippen molar-refractivity contribution in [3.63, 3.8) is 0 Å². The van der Waals surface area contributed by atoms with Gasteiger partial charge in [0.2, 0.25) is 5.91 Å². The van der Waals surface area contributed by atoms with Crippen molar-refractivity contribution in [2.75, 3.05) is 39.8 Å². The lowest BCUT2D eigenvalue weighted by molar-refractivity contribution is -0.147. The van der Waals surface area contributed by atoms with Gasteiger partial charge in [0.1, 0.15) is 0 Å². The third-order valence-corrected chi connectivity index (χ3v) is 5.37. The lowest BCUT2D eigenvalue weighted by Crippen LogP contribution is -2.62. The molecule has 3 rings (SSSR count). The van der Waals surface area contributed by atoms with Gasteiger partial charge in [-0.25, -0.2) is 0 Å². The molecule has 1 amide bonds. The highest BCUT2D eigenvalue weighted by molar-refractivity contribution is 5.83. The van der Waals surface area contributed by atoms with E-state index in [1.54, 1.807) is 0 Å². The van der Waals surface area contributed by atoms with Gasteiger partial charge >= 0.3 is 0 Å². The summed E-state index contributed by atoms with van der Waals surface area (Å²) in [5.74, 6) is 1.16. The maximum atomic E-state index is 12.6. The van der Waals surface area contributed by atoms with Gasteiger partial charge in [-0.1, -0.05) is 0 Å². The van der Waals surface area contributed by atoms with Crippen LogP contribution in [-0.2, 0) is 4.79 Å². The topological polar surface area (TPSA) is 26.8 Å². The van der Waals surface area contributed by atoms with Crippen molar-refractivity contribution in [3.8, 4) is 0 Å². The van der Waals surface area contributed by atoms with E-state index in [1.165, 1.54) is 32.4 Å². The summed E-state index contributed by atoms with van der Waals surface area (Å²) in [6.07, 6.45) is 4.86. The van der Waals surface area contributed by atoms with Gasteiger partial charge in [-0.3, -0.25) is 9.69 Å². The number of likely N-dealkylation sites (N-methyl/N-ethyl adjacent to an activating group) is 1. The van der Waals surface area contributed by atoms with Crippen LogP contribution in [0.25, 0.3) is 0 Å². The molecule has 2 atom stereocenters. The van der Waals surface area contributed by atoms with Crippen molar-refractivity contribution in [1.29, 1.82) is 0 Å². The predicted octanol–water partition coefficient (Wildman–Crippen LogP) is 1.02. The number of hydrogen-bond acceptors (Lipinski definition) is 3. The van der Waals surface area contributed by atoms with Crippen LogP contribution >= 0.6 is 0 Å². The van der Waals surface area contributed by atoms with E-state index in [9.17, 15) is 4.79 Å². The normalized spacial score (nSPS) is 34.8. The van der Waals surface area contributed by atoms with E-state index < -0.39 is 0 Å². The second-order valence-corrected chi connectivity index (χ2v) is 6.56.